The molecule has 0 saturated heterocycles. The summed E-state index contributed by atoms with van der Waals surface area (Å²) in [6, 6.07) is 7.63. The maximum atomic E-state index is 11.6. The van der Waals surface area contributed by atoms with Gasteiger partial charge in [-0.3, -0.25) is 0 Å². The molecule has 1 N–H and O–H groups in total. The molecule has 5 heteroatoms. The number of imidazole rings is 1. The largest absolute Gasteiger partial charge is 0.452 e. The van der Waals surface area contributed by atoms with Crippen molar-refractivity contribution in [2.24, 2.45) is 0 Å². The van der Waals surface area contributed by atoms with Gasteiger partial charge in [-0.25, -0.2) is 9.78 Å². The Hall–Kier alpha value is -2.56. The number of esters is 1. The van der Waals surface area contributed by atoms with Crippen molar-refractivity contribution in [2.45, 2.75) is 19.6 Å². The minimum atomic E-state index is -0.956. The van der Waals surface area contributed by atoms with Crippen LogP contribution in [0.25, 0.3) is 17.1 Å². The first kappa shape index (κ1) is 12.5. The topological polar surface area (TPSA) is 64.2 Å². The number of hydrogen-bond donors (Lipinski definition) is 1. The van der Waals surface area contributed by atoms with Gasteiger partial charge in [-0.1, -0.05) is 18.2 Å². The van der Waals surface area contributed by atoms with Crippen LogP contribution in [0, 0.1) is 0 Å². The van der Waals surface area contributed by atoms with Crippen LogP contribution in [0.4, 0.5) is 0 Å². The van der Waals surface area contributed by atoms with E-state index in [0.29, 0.717) is 5.76 Å². The van der Waals surface area contributed by atoms with Crippen LogP contribution >= 0.6 is 0 Å². The second-order valence-electron chi connectivity index (χ2n) is 4.95. The molecule has 1 aromatic heterocycles. The van der Waals surface area contributed by atoms with Crippen LogP contribution in [0.2, 0.25) is 0 Å². The molecule has 0 spiro atoms. The summed E-state index contributed by atoms with van der Waals surface area (Å²) in [7, 11) is 0. The van der Waals surface area contributed by atoms with Gasteiger partial charge in [-0.05, 0) is 6.07 Å². The first-order chi connectivity index (χ1) is 9.53. The number of carbonyl (C=O) groups is 1. The molecule has 0 aliphatic carbocycles. The van der Waals surface area contributed by atoms with E-state index in [9.17, 15) is 4.79 Å². The predicted molar refractivity (Wildman–Crippen MR) is 73.3 cm³/mol. The predicted octanol–water partition coefficient (Wildman–Crippen LogP) is 2.73. The van der Waals surface area contributed by atoms with E-state index in [1.807, 2.05) is 24.3 Å². The Morgan fingerprint density at radius 3 is 2.70 bits per heavy atom. The van der Waals surface area contributed by atoms with E-state index in [-0.39, 0.29) is 0 Å². The number of H-pyrrole nitrogens is 1. The summed E-state index contributed by atoms with van der Waals surface area (Å²) in [5.41, 5.74) is 1.73. The van der Waals surface area contributed by atoms with E-state index in [4.69, 9.17) is 9.47 Å². The Labute approximate surface area is 116 Å². The number of aromatic amines is 1. The molecular formula is C15H14N2O3. The summed E-state index contributed by atoms with van der Waals surface area (Å²) in [6.07, 6.45) is 4.81. The zero-order valence-corrected chi connectivity index (χ0v) is 11.2. The fourth-order valence-corrected chi connectivity index (χ4v) is 2.08. The van der Waals surface area contributed by atoms with E-state index >= 15 is 0 Å². The maximum Gasteiger partial charge on any atom is 0.337 e. The van der Waals surface area contributed by atoms with Gasteiger partial charge in [0.05, 0.1) is 6.08 Å². The van der Waals surface area contributed by atoms with Crippen molar-refractivity contribution >= 4 is 11.7 Å². The molecule has 0 bridgehead atoms. The molecule has 0 atom stereocenters. The molecule has 0 fully saturated rings. The quantitative estimate of drug-likeness (QED) is 0.852. The number of benzene rings is 1. The van der Waals surface area contributed by atoms with Gasteiger partial charge in [-0.2, -0.15) is 0 Å². The highest BCUT2D eigenvalue weighted by atomic mass is 16.7. The van der Waals surface area contributed by atoms with E-state index in [2.05, 4.69) is 9.97 Å². The summed E-state index contributed by atoms with van der Waals surface area (Å²) < 4.78 is 10.8. The third kappa shape index (κ3) is 2.42. The van der Waals surface area contributed by atoms with Gasteiger partial charge in [0.25, 0.3) is 0 Å². The highest BCUT2D eigenvalue weighted by molar-refractivity contribution is 5.91. The van der Waals surface area contributed by atoms with E-state index in [1.165, 1.54) is 6.08 Å². The number of hydrogen-bond acceptors (Lipinski definition) is 4. The number of carbonyl (C=O) groups excluding carboxylic acids is 1. The fourth-order valence-electron chi connectivity index (χ4n) is 2.08. The summed E-state index contributed by atoms with van der Waals surface area (Å²) in [5.74, 6) is -0.0913. The molecule has 0 amide bonds. The second kappa shape index (κ2) is 4.52. The Balaban J connectivity index is 1.99. The zero-order valence-electron chi connectivity index (χ0n) is 11.2. The standard InChI is InChI=1S/C15H14N2O3/c1-15(2)19-12(9-13(18)20-15)10-4-3-5-11(8-10)14-16-6-7-17-14/h3-9H,1-2H3,(H,16,17). The van der Waals surface area contributed by atoms with Crippen molar-refractivity contribution in [3.05, 3.63) is 48.3 Å². The number of nitrogens with zero attached hydrogens (tertiary/aromatic N) is 1. The zero-order chi connectivity index (χ0) is 14.2. The lowest BCUT2D eigenvalue weighted by atomic mass is 10.1. The van der Waals surface area contributed by atoms with Gasteiger partial charge in [-0.15, -0.1) is 0 Å². The maximum absolute atomic E-state index is 11.6. The molecular weight excluding hydrogens is 256 g/mol. The van der Waals surface area contributed by atoms with Gasteiger partial charge in [0, 0.05) is 37.4 Å². The molecule has 1 aliphatic heterocycles. The van der Waals surface area contributed by atoms with Crippen LogP contribution in [0.1, 0.15) is 19.4 Å². The summed E-state index contributed by atoms with van der Waals surface area (Å²) in [4.78, 5) is 18.8. The van der Waals surface area contributed by atoms with Crippen molar-refractivity contribution in [3.8, 4) is 11.4 Å². The van der Waals surface area contributed by atoms with Crippen molar-refractivity contribution in [1.29, 1.82) is 0 Å². The average Bonchev–Trinajstić information content (AvgIpc) is 2.90. The Morgan fingerprint density at radius 1 is 1.20 bits per heavy atom. The first-order valence-electron chi connectivity index (χ1n) is 6.27. The number of aromatic nitrogens is 2. The highest BCUT2D eigenvalue weighted by Crippen LogP contribution is 2.30. The van der Waals surface area contributed by atoms with Gasteiger partial charge in [0.2, 0.25) is 5.79 Å². The average molecular weight is 270 g/mol. The number of nitrogens with one attached hydrogen (secondary N) is 1. The normalized spacial score (nSPS) is 17.1. The van der Waals surface area contributed by atoms with Crippen LogP contribution in [0.15, 0.2) is 42.7 Å². The van der Waals surface area contributed by atoms with E-state index < -0.39 is 11.8 Å². The molecule has 20 heavy (non-hydrogen) atoms. The van der Waals surface area contributed by atoms with Gasteiger partial charge < -0.3 is 14.5 Å². The molecule has 0 unspecified atom stereocenters. The summed E-state index contributed by atoms with van der Waals surface area (Å²) >= 11 is 0. The molecule has 5 nitrogen and oxygen atoms in total. The van der Waals surface area contributed by atoms with Gasteiger partial charge >= 0.3 is 5.97 Å². The second-order valence-corrected chi connectivity index (χ2v) is 4.95. The van der Waals surface area contributed by atoms with Crippen LogP contribution in [0.3, 0.4) is 0 Å². The lowest BCUT2D eigenvalue weighted by Crippen LogP contribution is -2.33. The van der Waals surface area contributed by atoms with Crippen LogP contribution in [-0.4, -0.2) is 21.7 Å². The third-order valence-corrected chi connectivity index (χ3v) is 2.87. The Morgan fingerprint density at radius 2 is 2.00 bits per heavy atom. The molecule has 0 radical (unpaired) electrons. The van der Waals surface area contributed by atoms with Crippen molar-refractivity contribution in [3.63, 3.8) is 0 Å². The Bertz CT molecular complexity index is 672. The fraction of sp³-hybridized carbons (Fsp3) is 0.200. The van der Waals surface area contributed by atoms with Crippen LogP contribution in [0.5, 0.6) is 0 Å². The SMILES string of the molecule is CC1(C)OC(=O)C=C(c2cccc(-c3ncc[nH]3)c2)O1. The number of ether oxygens (including phenoxy) is 2. The molecule has 2 aromatic rings. The monoisotopic (exact) mass is 270 g/mol. The van der Waals surface area contributed by atoms with Crippen molar-refractivity contribution in [2.75, 3.05) is 0 Å². The Kier molecular flexibility index (Phi) is 2.82. The van der Waals surface area contributed by atoms with Crippen molar-refractivity contribution in [1.82, 2.24) is 9.97 Å². The minimum Gasteiger partial charge on any atom is -0.452 e. The van der Waals surface area contributed by atoms with E-state index in [1.54, 1.807) is 26.2 Å². The first-order valence-corrected chi connectivity index (χ1v) is 6.27. The van der Waals surface area contributed by atoms with Crippen LogP contribution in [-0.2, 0) is 14.3 Å². The minimum absolute atomic E-state index is 0.403. The van der Waals surface area contributed by atoms with Crippen LogP contribution < -0.4 is 0 Å². The highest BCUT2D eigenvalue weighted by Gasteiger charge is 2.30. The molecule has 0 saturated carbocycles. The molecule has 102 valence electrons. The number of cyclic esters (lactones) is 1. The van der Waals surface area contributed by atoms with Gasteiger partial charge in [0.15, 0.2) is 0 Å². The van der Waals surface area contributed by atoms with E-state index in [0.717, 1.165) is 17.0 Å². The number of rotatable bonds is 2. The molecule has 1 aromatic carbocycles. The van der Waals surface area contributed by atoms with Gasteiger partial charge in [0.1, 0.15) is 11.6 Å². The lowest BCUT2D eigenvalue weighted by Gasteiger charge is -2.30. The third-order valence-electron chi connectivity index (χ3n) is 2.87. The lowest BCUT2D eigenvalue weighted by molar-refractivity contribution is -0.193. The van der Waals surface area contributed by atoms with Crippen molar-refractivity contribution < 1.29 is 14.3 Å². The molecule has 1 aliphatic rings. The summed E-state index contributed by atoms with van der Waals surface area (Å²) in [6.45, 7) is 3.41. The molecule has 2 heterocycles. The smallest absolute Gasteiger partial charge is 0.337 e. The molecule has 3 rings (SSSR count). The summed E-state index contributed by atoms with van der Waals surface area (Å²) in [5, 5.41) is 0.